The molecule has 0 radical (unpaired) electrons. The number of hydrogen-bond donors (Lipinski definition) is 0. The number of hydrogen-bond acceptors (Lipinski definition) is 5. The average molecular weight is 804 g/mol. The van der Waals surface area contributed by atoms with Crippen LogP contribution in [0.2, 0.25) is 0 Å². The molecule has 1 spiro atoms. The number of furan rings is 2. The molecular weight excluding hydrogens is 771 g/mol. The van der Waals surface area contributed by atoms with E-state index < -0.39 is 5.41 Å². The van der Waals surface area contributed by atoms with Crippen LogP contribution in [0.4, 0.5) is 0 Å². The molecule has 14 rings (SSSR count). The molecule has 0 bridgehead atoms. The van der Waals surface area contributed by atoms with Crippen molar-refractivity contribution in [3.05, 3.63) is 222 Å². The van der Waals surface area contributed by atoms with Crippen molar-refractivity contribution in [1.29, 1.82) is 0 Å². The van der Waals surface area contributed by atoms with E-state index in [0.29, 0.717) is 17.5 Å². The highest BCUT2D eigenvalue weighted by atomic mass is 16.3. The molecule has 0 saturated carbocycles. The van der Waals surface area contributed by atoms with Crippen molar-refractivity contribution in [3.63, 3.8) is 0 Å². The molecule has 0 amide bonds. The van der Waals surface area contributed by atoms with Crippen LogP contribution < -0.4 is 0 Å². The topological polar surface area (TPSA) is 65.0 Å². The molecule has 0 atom stereocenters. The van der Waals surface area contributed by atoms with Crippen LogP contribution in [0.25, 0.3) is 111 Å². The maximum absolute atomic E-state index is 6.38. The van der Waals surface area contributed by atoms with Crippen LogP contribution in [0.15, 0.2) is 209 Å². The monoisotopic (exact) mass is 803 g/mol. The van der Waals surface area contributed by atoms with Crippen LogP contribution in [0.5, 0.6) is 0 Å². The van der Waals surface area contributed by atoms with Gasteiger partial charge < -0.3 is 8.83 Å². The number of benzene rings is 9. The molecule has 63 heavy (non-hydrogen) atoms. The summed E-state index contributed by atoms with van der Waals surface area (Å²) in [6.07, 6.45) is 0. The predicted molar refractivity (Wildman–Crippen MR) is 252 cm³/mol. The van der Waals surface area contributed by atoms with Crippen molar-refractivity contribution in [1.82, 2.24) is 15.0 Å². The van der Waals surface area contributed by atoms with Gasteiger partial charge in [0, 0.05) is 38.2 Å². The Morgan fingerprint density at radius 1 is 0.270 bits per heavy atom. The first-order chi connectivity index (χ1) is 31.2. The third-order valence-corrected chi connectivity index (χ3v) is 13.4. The molecule has 2 aliphatic carbocycles. The second kappa shape index (κ2) is 12.8. The summed E-state index contributed by atoms with van der Waals surface area (Å²) in [5.41, 5.74) is 17.5. The third kappa shape index (κ3) is 4.79. The van der Waals surface area contributed by atoms with Crippen LogP contribution in [-0.4, -0.2) is 15.0 Å². The summed E-state index contributed by atoms with van der Waals surface area (Å²) in [6, 6.07) is 71.2. The third-order valence-electron chi connectivity index (χ3n) is 13.4. The summed E-state index contributed by atoms with van der Waals surface area (Å²) in [5.74, 6) is 1.69. The number of para-hydroxylation sites is 2. The Bertz CT molecular complexity index is 3720. The lowest BCUT2D eigenvalue weighted by molar-refractivity contribution is 0.668. The van der Waals surface area contributed by atoms with E-state index in [1.165, 1.54) is 55.6 Å². The first-order valence-electron chi connectivity index (χ1n) is 21.3. The van der Waals surface area contributed by atoms with Crippen LogP contribution in [0.1, 0.15) is 22.3 Å². The molecule has 3 heterocycles. The van der Waals surface area contributed by atoms with Gasteiger partial charge >= 0.3 is 0 Å². The van der Waals surface area contributed by atoms with Gasteiger partial charge in [-0.2, -0.15) is 0 Å². The van der Waals surface area contributed by atoms with Crippen molar-refractivity contribution in [2.24, 2.45) is 0 Å². The average Bonchev–Trinajstić information content (AvgIpc) is 3.99. The summed E-state index contributed by atoms with van der Waals surface area (Å²) in [6.45, 7) is 0. The van der Waals surface area contributed by atoms with Crippen LogP contribution >= 0.6 is 0 Å². The maximum atomic E-state index is 6.38. The van der Waals surface area contributed by atoms with Crippen LogP contribution in [0.3, 0.4) is 0 Å². The van der Waals surface area contributed by atoms with Crippen LogP contribution in [0, 0.1) is 0 Å². The fraction of sp³-hybridized carbons (Fsp3) is 0.0172. The van der Waals surface area contributed by atoms with E-state index in [2.05, 4.69) is 152 Å². The van der Waals surface area contributed by atoms with E-state index in [9.17, 15) is 0 Å². The van der Waals surface area contributed by atoms with Gasteiger partial charge in [-0.05, 0) is 98.1 Å². The summed E-state index contributed by atoms with van der Waals surface area (Å²) in [5, 5.41) is 4.25. The van der Waals surface area contributed by atoms with Gasteiger partial charge in [-0.3, -0.25) is 0 Å². The SMILES string of the molecule is c1ccc2c(c1)-c1ccccc1C1(c3cc(-c4nc(-c5ccc6c(c5)oc5ccccc56)nc(-c5ccc6c(c5)oc5ccccc56)n4)ccc3-2)c2ccccc2-c2ccccc21. The second-order valence-corrected chi connectivity index (χ2v) is 16.6. The van der Waals surface area contributed by atoms with E-state index in [0.717, 1.165) is 60.6 Å². The number of fused-ring (bicyclic) bond motifs is 18. The standard InChI is InChI=1S/C58H33N3O2/c1-2-14-38-37(13-1)39-15-3-8-20-47(39)58(48-21-9-4-16-40(48)41-17-5-10-22-49(41)58)50-31-34(25-28-42(38)50)55-59-56(35-26-29-45-43-18-6-11-23-51(43)62-53(45)32-35)61-57(60-55)36-27-30-46-44-19-7-12-24-52(44)63-54(46)33-36/h1-33H. The Hall–Kier alpha value is -8.41. The summed E-state index contributed by atoms with van der Waals surface area (Å²) in [7, 11) is 0. The van der Waals surface area contributed by atoms with Crippen molar-refractivity contribution in [2.75, 3.05) is 0 Å². The largest absolute Gasteiger partial charge is 0.456 e. The minimum absolute atomic E-state index is 0.555. The fourth-order valence-corrected chi connectivity index (χ4v) is 10.7. The molecule has 5 nitrogen and oxygen atoms in total. The van der Waals surface area contributed by atoms with Gasteiger partial charge in [-0.15, -0.1) is 0 Å². The highest BCUT2D eigenvalue weighted by molar-refractivity contribution is 6.07. The molecule has 0 aliphatic heterocycles. The molecule has 2 aliphatic rings. The number of aromatic nitrogens is 3. The van der Waals surface area contributed by atoms with Gasteiger partial charge in [-0.1, -0.05) is 158 Å². The van der Waals surface area contributed by atoms with Crippen LogP contribution in [-0.2, 0) is 5.41 Å². The Morgan fingerprint density at radius 3 is 1.11 bits per heavy atom. The maximum Gasteiger partial charge on any atom is 0.164 e. The zero-order chi connectivity index (χ0) is 41.2. The summed E-state index contributed by atoms with van der Waals surface area (Å²) < 4.78 is 12.8. The molecule has 292 valence electrons. The zero-order valence-corrected chi connectivity index (χ0v) is 33.7. The Labute approximate surface area is 361 Å². The molecule has 3 aromatic heterocycles. The van der Waals surface area contributed by atoms with Crippen molar-refractivity contribution in [3.8, 4) is 67.5 Å². The van der Waals surface area contributed by atoms with E-state index in [-0.39, 0.29) is 0 Å². The van der Waals surface area contributed by atoms with Crippen molar-refractivity contribution < 1.29 is 8.83 Å². The highest BCUT2D eigenvalue weighted by Gasteiger charge is 2.49. The van der Waals surface area contributed by atoms with E-state index >= 15 is 0 Å². The molecule has 12 aromatic rings. The van der Waals surface area contributed by atoms with Gasteiger partial charge in [0.05, 0.1) is 5.41 Å². The van der Waals surface area contributed by atoms with E-state index in [1.807, 2.05) is 48.5 Å². The molecule has 0 fully saturated rings. The Balaban J connectivity index is 1.05. The lowest BCUT2D eigenvalue weighted by Gasteiger charge is -2.35. The summed E-state index contributed by atoms with van der Waals surface area (Å²) >= 11 is 0. The first kappa shape index (κ1) is 34.3. The minimum atomic E-state index is -0.633. The zero-order valence-electron chi connectivity index (χ0n) is 33.7. The second-order valence-electron chi connectivity index (χ2n) is 16.6. The molecular formula is C58H33N3O2. The quantitative estimate of drug-likeness (QED) is 0.178. The molecule has 0 unspecified atom stereocenters. The molecule has 9 aromatic carbocycles. The molecule has 5 heteroatoms. The Morgan fingerprint density at radius 2 is 0.619 bits per heavy atom. The van der Waals surface area contributed by atoms with Gasteiger partial charge in [0.2, 0.25) is 0 Å². The number of rotatable bonds is 3. The smallest absolute Gasteiger partial charge is 0.164 e. The lowest BCUT2D eigenvalue weighted by Crippen LogP contribution is -2.29. The normalized spacial score (nSPS) is 13.2. The minimum Gasteiger partial charge on any atom is -0.456 e. The Kier molecular flexibility index (Phi) is 6.97. The van der Waals surface area contributed by atoms with Gasteiger partial charge in [0.25, 0.3) is 0 Å². The van der Waals surface area contributed by atoms with Crippen molar-refractivity contribution in [2.45, 2.75) is 5.41 Å². The summed E-state index contributed by atoms with van der Waals surface area (Å²) in [4.78, 5) is 15.9. The van der Waals surface area contributed by atoms with Crippen molar-refractivity contribution >= 4 is 43.9 Å². The van der Waals surface area contributed by atoms with E-state index in [4.69, 9.17) is 23.8 Å². The van der Waals surface area contributed by atoms with Gasteiger partial charge in [0.1, 0.15) is 22.3 Å². The predicted octanol–water partition coefficient (Wildman–Crippen LogP) is 14.7. The fourth-order valence-electron chi connectivity index (χ4n) is 10.7. The lowest BCUT2D eigenvalue weighted by atomic mass is 9.65. The van der Waals surface area contributed by atoms with Gasteiger partial charge in [-0.25, -0.2) is 15.0 Å². The first-order valence-corrected chi connectivity index (χ1v) is 21.3. The molecule has 0 N–H and O–H groups in total. The number of nitrogens with zero attached hydrogens (tertiary/aromatic N) is 3. The van der Waals surface area contributed by atoms with Gasteiger partial charge in [0.15, 0.2) is 17.5 Å². The van der Waals surface area contributed by atoms with E-state index in [1.54, 1.807) is 0 Å². The molecule has 0 saturated heterocycles. The highest BCUT2D eigenvalue weighted by Crippen LogP contribution is 2.61.